The number of thioether (sulfide) groups is 1. The Bertz CT molecular complexity index is 1300. The molecule has 10 nitrogen and oxygen atoms in total. The largest absolute Gasteiger partial charge is 0.467 e. The molecular weight excluding hydrogens is 494 g/mol. The van der Waals surface area contributed by atoms with Crippen molar-refractivity contribution in [1.82, 2.24) is 4.31 Å². The van der Waals surface area contributed by atoms with Crippen LogP contribution in [0.2, 0.25) is 0 Å². The number of Topliss-reactive ketones (excluding diaryl/α,β-unsaturated/α-hetero) is 1. The second kappa shape index (κ2) is 10.3. The summed E-state index contributed by atoms with van der Waals surface area (Å²) in [5.41, 5.74) is -0.432. The van der Waals surface area contributed by atoms with Gasteiger partial charge in [-0.3, -0.25) is 14.4 Å². The van der Waals surface area contributed by atoms with Gasteiger partial charge in [0, 0.05) is 13.1 Å². The number of rotatable bonds is 10. The summed E-state index contributed by atoms with van der Waals surface area (Å²) in [5.74, 6) is 0.315. The smallest absolute Gasteiger partial charge is 0.253 e. The van der Waals surface area contributed by atoms with Gasteiger partial charge in [-0.05, 0) is 35.8 Å². The molecule has 1 fully saturated rings. The molecule has 1 aromatic carbocycles. The summed E-state index contributed by atoms with van der Waals surface area (Å²) in [6.45, 7) is 7.02. The van der Waals surface area contributed by atoms with Crippen LogP contribution < -0.4 is 21.5 Å². The minimum Gasteiger partial charge on any atom is -0.467 e. The first-order valence-corrected chi connectivity index (χ1v) is 14.0. The molecule has 0 spiro atoms. The molecule has 0 aliphatic carbocycles. The van der Waals surface area contributed by atoms with Crippen LogP contribution in [0.25, 0.3) is 0 Å². The highest BCUT2D eigenvalue weighted by molar-refractivity contribution is 8.16. The molecule has 3 atom stereocenters. The van der Waals surface area contributed by atoms with Crippen molar-refractivity contribution >= 4 is 38.9 Å². The fourth-order valence-corrected chi connectivity index (χ4v) is 7.09. The van der Waals surface area contributed by atoms with Crippen LogP contribution in [0.5, 0.6) is 0 Å². The Hall–Kier alpha value is -2.41. The van der Waals surface area contributed by atoms with E-state index in [-0.39, 0.29) is 49.4 Å². The van der Waals surface area contributed by atoms with Gasteiger partial charge in [0.15, 0.2) is 4.58 Å². The molecule has 12 heteroatoms. The number of hydrogen-bond donors (Lipinski definition) is 2. The number of nitrogens with one attached hydrogen (secondary N) is 2. The zero-order valence-corrected chi connectivity index (χ0v) is 21.5. The lowest BCUT2D eigenvalue weighted by molar-refractivity contribution is -0.113. The van der Waals surface area contributed by atoms with E-state index in [4.69, 9.17) is 9.15 Å². The van der Waals surface area contributed by atoms with Crippen molar-refractivity contribution in [2.75, 3.05) is 36.9 Å². The van der Waals surface area contributed by atoms with Gasteiger partial charge in [-0.1, -0.05) is 20.8 Å². The van der Waals surface area contributed by atoms with Crippen molar-refractivity contribution in [3.63, 3.8) is 0 Å². The Morgan fingerprint density at radius 3 is 2.46 bits per heavy atom. The first kappa shape index (κ1) is 25.7. The van der Waals surface area contributed by atoms with E-state index in [1.807, 2.05) is 13.0 Å². The molecule has 0 radical (unpaired) electrons. The number of hydrogen-bond acceptors (Lipinski definition) is 10. The summed E-state index contributed by atoms with van der Waals surface area (Å²) in [5, 5.41) is 7.17. The highest BCUT2D eigenvalue weighted by Gasteiger charge is 2.43. The normalized spacial score (nSPS) is 21.2. The van der Waals surface area contributed by atoms with Gasteiger partial charge in [-0.15, -0.1) is 11.8 Å². The van der Waals surface area contributed by atoms with Crippen LogP contribution in [0.4, 0.5) is 11.4 Å². The van der Waals surface area contributed by atoms with Gasteiger partial charge >= 0.3 is 0 Å². The molecule has 2 aromatic rings. The highest BCUT2D eigenvalue weighted by atomic mass is 32.3. The van der Waals surface area contributed by atoms with Gasteiger partial charge in [0.25, 0.3) is 10.9 Å². The van der Waals surface area contributed by atoms with E-state index >= 15 is 0 Å². The molecular formula is C23H29N3O7S2. The van der Waals surface area contributed by atoms with Gasteiger partial charge in [0.2, 0.25) is 15.8 Å². The quantitative estimate of drug-likeness (QED) is 0.447. The number of furan rings is 1. The summed E-state index contributed by atoms with van der Waals surface area (Å²) >= 11 is 0.863. The lowest BCUT2D eigenvalue weighted by Crippen LogP contribution is -2.46. The van der Waals surface area contributed by atoms with E-state index in [1.54, 1.807) is 6.26 Å². The number of carbonyl (C=O) groups excluding carboxylic acids is 1. The van der Waals surface area contributed by atoms with Crippen LogP contribution in [0.1, 0.15) is 56.9 Å². The Morgan fingerprint density at radius 2 is 1.80 bits per heavy atom. The van der Waals surface area contributed by atoms with E-state index in [0.29, 0.717) is 18.1 Å². The van der Waals surface area contributed by atoms with Crippen LogP contribution in [0, 0.1) is 0 Å². The van der Waals surface area contributed by atoms with Crippen molar-refractivity contribution in [3.8, 4) is 0 Å². The molecule has 1 aromatic heterocycles. The average molecular weight is 524 g/mol. The summed E-state index contributed by atoms with van der Waals surface area (Å²) in [6.07, 6.45) is 3.24. The van der Waals surface area contributed by atoms with Crippen LogP contribution in [-0.2, 0) is 19.6 Å². The summed E-state index contributed by atoms with van der Waals surface area (Å²) < 4.78 is 36.7. The minimum absolute atomic E-state index is 0.0305. The summed E-state index contributed by atoms with van der Waals surface area (Å²) in [7, 11) is -3.89. The Kier molecular flexibility index (Phi) is 7.55. The maximum absolute atomic E-state index is 12.9. The molecule has 0 amide bonds. The Morgan fingerprint density at radius 1 is 1.11 bits per heavy atom. The fraction of sp³-hybridized carbons (Fsp3) is 0.522. The molecule has 2 unspecified atom stereocenters. The van der Waals surface area contributed by atoms with Crippen LogP contribution >= 0.6 is 11.8 Å². The lowest BCUT2D eigenvalue weighted by Gasteiger charge is -2.28. The van der Waals surface area contributed by atoms with Crippen LogP contribution in [-0.4, -0.2) is 49.4 Å². The second-order valence-electron chi connectivity index (χ2n) is 8.65. The van der Waals surface area contributed by atoms with Gasteiger partial charge in [-0.2, -0.15) is 4.31 Å². The molecule has 0 bridgehead atoms. The lowest BCUT2D eigenvalue weighted by atomic mass is 10.0. The van der Waals surface area contributed by atoms with Gasteiger partial charge in [0.05, 0.1) is 31.2 Å². The maximum atomic E-state index is 12.9. The predicted octanol–water partition coefficient (Wildman–Crippen LogP) is 2.51. The van der Waals surface area contributed by atoms with E-state index in [9.17, 15) is 22.8 Å². The topological polar surface area (TPSA) is 135 Å². The number of ketones is 1. The van der Waals surface area contributed by atoms with E-state index in [1.165, 1.54) is 9.71 Å². The molecule has 2 N–H and O–H groups in total. The first-order valence-electron chi connectivity index (χ1n) is 11.6. The zero-order valence-electron chi connectivity index (χ0n) is 19.8. The van der Waals surface area contributed by atoms with Crippen molar-refractivity contribution in [1.29, 1.82) is 0 Å². The van der Waals surface area contributed by atoms with Crippen molar-refractivity contribution in [2.45, 2.75) is 50.2 Å². The Labute approximate surface area is 207 Å². The van der Waals surface area contributed by atoms with Crippen LogP contribution in [0.3, 0.4) is 0 Å². The number of anilines is 2. The first-order chi connectivity index (χ1) is 16.7. The summed E-state index contributed by atoms with van der Waals surface area (Å²) in [6, 6.07) is 1.59. The fourth-order valence-electron chi connectivity index (χ4n) is 3.99. The van der Waals surface area contributed by atoms with E-state index < -0.39 is 31.2 Å². The van der Waals surface area contributed by atoms with Crippen molar-refractivity contribution in [2.24, 2.45) is 0 Å². The molecule has 2 aliphatic rings. The monoisotopic (exact) mass is 523 g/mol. The number of carbonyl (C=O) groups is 1. The third kappa shape index (κ3) is 4.84. The third-order valence-corrected chi connectivity index (χ3v) is 10.2. The number of sulfonamides is 1. The number of nitrogens with zero attached hydrogens (tertiary/aromatic N) is 1. The van der Waals surface area contributed by atoms with Crippen molar-refractivity contribution in [3.05, 3.63) is 55.2 Å². The van der Waals surface area contributed by atoms with Gasteiger partial charge in [0.1, 0.15) is 17.1 Å². The predicted molar refractivity (Wildman–Crippen MR) is 135 cm³/mol. The molecule has 4 rings (SSSR count). The number of ether oxygens (including phenoxy) is 1. The molecule has 2 aliphatic heterocycles. The molecule has 190 valence electrons. The molecule has 1 saturated heterocycles. The minimum atomic E-state index is -3.89. The SMILES string of the molecule is CCC(C)c1coc([C@@H](CC)Nc2c(NC3=CSC(S(=O)(=O)N4CCOCC4)C3=O)c(=O)c2=O)c1. The average Bonchev–Trinajstić information content (AvgIpc) is 3.51. The Balaban J connectivity index is 1.48. The molecule has 35 heavy (non-hydrogen) atoms. The molecule has 3 heterocycles. The van der Waals surface area contributed by atoms with E-state index in [0.717, 1.165) is 23.7 Å². The zero-order chi connectivity index (χ0) is 25.3. The highest BCUT2D eigenvalue weighted by Crippen LogP contribution is 2.35. The second-order valence-corrected chi connectivity index (χ2v) is 11.9. The van der Waals surface area contributed by atoms with E-state index in [2.05, 4.69) is 24.5 Å². The van der Waals surface area contributed by atoms with Crippen molar-refractivity contribution < 1.29 is 22.4 Å². The molecule has 0 saturated carbocycles. The van der Waals surface area contributed by atoms with Gasteiger partial charge in [-0.25, -0.2) is 8.42 Å². The third-order valence-electron chi connectivity index (χ3n) is 6.45. The maximum Gasteiger partial charge on any atom is 0.253 e. The number of morpholine rings is 1. The van der Waals surface area contributed by atoms with Crippen LogP contribution in [0.15, 0.2) is 37.4 Å². The number of allylic oxidation sites excluding steroid dienone is 1. The van der Waals surface area contributed by atoms with Gasteiger partial charge < -0.3 is 19.8 Å². The standard InChI is InChI=1S/C23H29N3O7S2/c1-4-13(3)14-10-17(33-11-14)15(5-2)24-18-19(22(29)21(18)28)25-16-12-34-23(20(16)27)35(30,31)26-6-8-32-9-7-26/h10-13,15,23-25H,4-9H2,1-3H3/t13?,15-,23?/m1/s1. The summed E-state index contributed by atoms with van der Waals surface area (Å²) in [4.78, 5) is 37.6.